The lowest BCUT2D eigenvalue weighted by atomic mass is 10.2. The van der Waals surface area contributed by atoms with Crippen LogP contribution in [-0.2, 0) is 11.3 Å². The first-order valence-corrected chi connectivity index (χ1v) is 4.90. The SMILES string of the molecule is CNCc1cccc(OC)c1OCC(N)=O. The molecule has 0 heterocycles. The van der Waals surface area contributed by atoms with Gasteiger partial charge in [0, 0.05) is 12.1 Å². The summed E-state index contributed by atoms with van der Waals surface area (Å²) in [5.41, 5.74) is 5.96. The van der Waals surface area contributed by atoms with Gasteiger partial charge in [-0.05, 0) is 13.1 Å². The highest BCUT2D eigenvalue weighted by Crippen LogP contribution is 2.30. The molecular formula is C11H16N2O3. The van der Waals surface area contributed by atoms with E-state index in [2.05, 4.69) is 5.32 Å². The van der Waals surface area contributed by atoms with Crippen molar-refractivity contribution < 1.29 is 14.3 Å². The Balaban J connectivity index is 2.94. The van der Waals surface area contributed by atoms with Crippen LogP contribution in [-0.4, -0.2) is 26.7 Å². The van der Waals surface area contributed by atoms with E-state index in [1.807, 2.05) is 19.2 Å². The Bertz CT molecular complexity index is 366. The zero-order valence-corrected chi connectivity index (χ0v) is 9.45. The van der Waals surface area contributed by atoms with Gasteiger partial charge in [0.2, 0.25) is 0 Å². The quantitative estimate of drug-likeness (QED) is 0.728. The Morgan fingerprint density at radius 1 is 1.50 bits per heavy atom. The van der Waals surface area contributed by atoms with Gasteiger partial charge in [-0.2, -0.15) is 0 Å². The monoisotopic (exact) mass is 224 g/mol. The molecule has 88 valence electrons. The normalized spacial score (nSPS) is 9.88. The second-order valence-corrected chi connectivity index (χ2v) is 3.23. The van der Waals surface area contributed by atoms with Gasteiger partial charge in [-0.25, -0.2) is 0 Å². The van der Waals surface area contributed by atoms with Crippen LogP contribution in [0, 0.1) is 0 Å². The Morgan fingerprint density at radius 2 is 2.25 bits per heavy atom. The van der Waals surface area contributed by atoms with Crippen LogP contribution in [0.2, 0.25) is 0 Å². The van der Waals surface area contributed by atoms with Gasteiger partial charge >= 0.3 is 0 Å². The Kier molecular flexibility index (Phi) is 4.60. The third kappa shape index (κ3) is 3.13. The van der Waals surface area contributed by atoms with Gasteiger partial charge in [-0.3, -0.25) is 4.79 Å². The van der Waals surface area contributed by atoms with Crippen LogP contribution in [0.4, 0.5) is 0 Å². The van der Waals surface area contributed by atoms with Crippen molar-refractivity contribution in [1.82, 2.24) is 5.32 Å². The van der Waals surface area contributed by atoms with Gasteiger partial charge in [0.15, 0.2) is 18.1 Å². The fraction of sp³-hybridized carbons (Fsp3) is 0.364. The number of hydrogen-bond acceptors (Lipinski definition) is 4. The second kappa shape index (κ2) is 5.97. The third-order valence-electron chi connectivity index (χ3n) is 2.01. The predicted molar refractivity (Wildman–Crippen MR) is 60.4 cm³/mol. The van der Waals surface area contributed by atoms with E-state index in [0.717, 1.165) is 5.56 Å². The van der Waals surface area contributed by atoms with E-state index in [9.17, 15) is 4.79 Å². The van der Waals surface area contributed by atoms with E-state index in [4.69, 9.17) is 15.2 Å². The zero-order chi connectivity index (χ0) is 12.0. The van der Waals surface area contributed by atoms with Crippen LogP contribution in [0.25, 0.3) is 0 Å². The average molecular weight is 224 g/mol. The first-order chi connectivity index (χ1) is 7.69. The standard InChI is InChI=1S/C11H16N2O3/c1-13-6-8-4-3-5-9(15-2)11(8)16-7-10(12)14/h3-5,13H,6-7H2,1-2H3,(H2,12,14). The number of hydrogen-bond donors (Lipinski definition) is 2. The number of carbonyl (C=O) groups is 1. The molecular weight excluding hydrogens is 208 g/mol. The van der Waals surface area contributed by atoms with E-state index in [-0.39, 0.29) is 6.61 Å². The maximum atomic E-state index is 10.7. The molecule has 1 rings (SSSR count). The van der Waals surface area contributed by atoms with Gasteiger partial charge in [0.05, 0.1) is 7.11 Å². The summed E-state index contributed by atoms with van der Waals surface area (Å²) in [6.07, 6.45) is 0. The number of nitrogens with one attached hydrogen (secondary N) is 1. The largest absolute Gasteiger partial charge is 0.493 e. The van der Waals surface area contributed by atoms with Crippen LogP contribution in [0.5, 0.6) is 11.5 Å². The third-order valence-corrected chi connectivity index (χ3v) is 2.01. The lowest BCUT2D eigenvalue weighted by Crippen LogP contribution is -2.21. The first-order valence-electron chi connectivity index (χ1n) is 4.90. The minimum absolute atomic E-state index is 0.156. The molecule has 0 radical (unpaired) electrons. The van der Waals surface area contributed by atoms with E-state index in [1.165, 1.54) is 0 Å². The van der Waals surface area contributed by atoms with Crippen LogP contribution in [0.15, 0.2) is 18.2 Å². The van der Waals surface area contributed by atoms with Crippen LogP contribution in [0.3, 0.4) is 0 Å². The summed E-state index contributed by atoms with van der Waals surface area (Å²) < 4.78 is 10.5. The summed E-state index contributed by atoms with van der Waals surface area (Å²) in [7, 11) is 3.38. The molecule has 3 N–H and O–H groups in total. The lowest BCUT2D eigenvalue weighted by Gasteiger charge is -2.13. The molecule has 0 spiro atoms. The summed E-state index contributed by atoms with van der Waals surface area (Å²) in [4.78, 5) is 10.7. The highest BCUT2D eigenvalue weighted by atomic mass is 16.5. The number of methoxy groups -OCH3 is 1. The minimum atomic E-state index is -0.513. The molecule has 1 aromatic rings. The van der Waals surface area contributed by atoms with Gasteiger partial charge in [-0.1, -0.05) is 12.1 Å². The molecule has 0 aromatic heterocycles. The van der Waals surface area contributed by atoms with Gasteiger partial charge in [-0.15, -0.1) is 0 Å². The highest BCUT2D eigenvalue weighted by Gasteiger charge is 2.10. The van der Waals surface area contributed by atoms with E-state index < -0.39 is 5.91 Å². The van der Waals surface area contributed by atoms with E-state index >= 15 is 0 Å². The Morgan fingerprint density at radius 3 is 2.81 bits per heavy atom. The molecule has 0 saturated heterocycles. The van der Waals surface area contributed by atoms with Crippen molar-refractivity contribution in [1.29, 1.82) is 0 Å². The highest BCUT2D eigenvalue weighted by molar-refractivity contribution is 5.75. The van der Waals surface area contributed by atoms with E-state index in [0.29, 0.717) is 18.0 Å². The molecule has 0 bridgehead atoms. The van der Waals surface area contributed by atoms with Crippen LogP contribution < -0.4 is 20.5 Å². The molecule has 0 unspecified atom stereocenters. The summed E-state index contributed by atoms with van der Waals surface area (Å²) in [5, 5.41) is 3.01. The van der Waals surface area contributed by atoms with Gasteiger partial charge in [0.25, 0.3) is 5.91 Å². The first kappa shape index (κ1) is 12.3. The average Bonchev–Trinajstić information content (AvgIpc) is 2.27. The molecule has 0 saturated carbocycles. The number of ether oxygens (including phenoxy) is 2. The number of amides is 1. The molecule has 16 heavy (non-hydrogen) atoms. The van der Waals surface area contributed by atoms with Crippen molar-refractivity contribution in [2.75, 3.05) is 20.8 Å². The van der Waals surface area contributed by atoms with Crippen molar-refractivity contribution in [3.05, 3.63) is 23.8 Å². The Labute approximate surface area is 94.5 Å². The molecule has 0 aliphatic carbocycles. The topological polar surface area (TPSA) is 73.6 Å². The van der Waals surface area contributed by atoms with Crippen LogP contribution in [0.1, 0.15) is 5.56 Å². The maximum Gasteiger partial charge on any atom is 0.255 e. The number of rotatable bonds is 6. The van der Waals surface area contributed by atoms with Crippen molar-refractivity contribution in [3.8, 4) is 11.5 Å². The molecule has 1 aromatic carbocycles. The number of nitrogens with two attached hydrogens (primary N) is 1. The predicted octanol–water partition coefficient (Wildman–Crippen LogP) is 0.279. The molecule has 0 aliphatic rings. The fourth-order valence-corrected chi connectivity index (χ4v) is 1.36. The summed E-state index contributed by atoms with van der Waals surface area (Å²) in [6, 6.07) is 5.54. The lowest BCUT2D eigenvalue weighted by molar-refractivity contribution is -0.119. The van der Waals surface area contributed by atoms with Gasteiger partial charge < -0.3 is 20.5 Å². The molecule has 0 fully saturated rings. The second-order valence-electron chi connectivity index (χ2n) is 3.23. The molecule has 0 atom stereocenters. The number of benzene rings is 1. The molecule has 0 aliphatic heterocycles. The Hall–Kier alpha value is -1.75. The molecule has 5 heteroatoms. The number of para-hydroxylation sites is 1. The van der Waals surface area contributed by atoms with Crippen LogP contribution >= 0.6 is 0 Å². The number of carbonyl (C=O) groups excluding carboxylic acids is 1. The number of primary amides is 1. The van der Waals surface area contributed by atoms with Crippen molar-refractivity contribution in [2.45, 2.75) is 6.54 Å². The molecule has 5 nitrogen and oxygen atoms in total. The van der Waals surface area contributed by atoms with Crippen molar-refractivity contribution in [3.63, 3.8) is 0 Å². The smallest absolute Gasteiger partial charge is 0.255 e. The summed E-state index contributed by atoms with van der Waals surface area (Å²) >= 11 is 0. The van der Waals surface area contributed by atoms with Crippen molar-refractivity contribution in [2.24, 2.45) is 5.73 Å². The maximum absolute atomic E-state index is 10.7. The minimum Gasteiger partial charge on any atom is -0.493 e. The summed E-state index contributed by atoms with van der Waals surface area (Å²) in [6.45, 7) is 0.475. The summed E-state index contributed by atoms with van der Waals surface area (Å²) in [5.74, 6) is 0.633. The van der Waals surface area contributed by atoms with E-state index in [1.54, 1.807) is 13.2 Å². The molecule has 1 amide bonds. The van der Waals surface area contributed by atoms with Gasteiger partial charge in [0.1, 0.15) is 0 Å². The zero-order valence-electron chi connectivity index (χ0n) is 9.45. The van der Waals surface area contributed by atoms with Crippen molar-refractivity contribution >= 4 is 5.91 Å². The fourth-order valence-electron chi connectivity index (χ4n) is 1.36.